The molecule has 1 aromatic carbocycles. The Balaban J connectivity index is 0.000000356. The number of aliphatic hydroxyl groups is 1. The summed E-state index contributed by atoms with van der Waals surface area (Å²) in [4.78, 5) is 0. The van der Waals surface area contributed by atoms with Crippen LogP contribution in [0.4, 0.5) is 0 Å². The Kier molecular flexibility index (Phi) is 8.41. The summed E-state index contributed by atoms with van der Waals surface area (Å²) >= 11 is 0. The molecule has 0 aliphatic heterocycles. The number of para-hydroxylation sites is 1. The van der Waals surface area contributed by atoms with Gasteiger partial charge in [-0.1, -0.05) is 83.7 Å². The van der Waals surface area contributed by atoms with Crippen molar-refractivity contribution in [1.29, 1.82) is 0 Å². The molecule has 0 amide bonds. The number of benzene rings is 1. The Morgan fingerprint density at radius 2 is 1.66 bits per heavy atom. The third-order valence-corrected chi connectivity index (χ3v) is 11.0. The molecular weight excluding hydrogens is 428 g/mol. The first kappa shape index (κ1) is 26.8. The monoisotopic (exact) mass is 480 g/mol. The molecule has 8 atom stereocenters. The zero-order valence-corrected chi connectivity index (χ0v) is 23.2. The lowest BCUT2D eigenvalue weighted by molar-refractivity contribution is -0.0573. The van der Waals surface area contributed by atoms with Crippen molar-refractivity contribution in [1.82, 2.24) is 0 Å². The second-order valence-corrected chi connectivity index (χ2v) is 13.5. The van der Waals surface area contributed by atoms with Crippen LogP contribution in [0.2, 0.25) is 0 Å². The van der Waals surface area contributed by atoms with Crippen molar-refractivity contribution < 1.29 is 10.2 Å². The van der Waals surface area contributed by atoms with Gasteiger partial charge in [-0.15, -0.1) is 0 Å². The average Bonchev–Trinajstić information content (AvgIpc) is 3.17. The molecule has 3 saturated carbocycles. The highest BCUT2D eigenvalue weighted by atomic mass is 16.3. The van der Waals surface area contributed by atoms with Crippen molar-refractivity contribution in [2.24, 2.45) is 46.3 Å². The highest BCUT2D eigenvalue weighted by Crippen LogP contribution is 2.67. The maximum absolute atomic E-state index is 10.2. The van der Waals surface area contributed by atoms with Gasteiger partial charge in [0.05, 0.1) is 6.10 Å². The molecule has 0 saturated heterocycles. The van der Waals surface area contributed by atoms with Gasteiger partial charge in [-0.3, -0.25) is 0 Å². The molecule has 2 N–H and O–H groups in total. The van der Waals surface area contributed by atoms with Gasteiger partial charge in [-0.05, 0) is 110 Å². The van der Waals surface area contributed by atoms with Gasteiger partial charge in [-0.2, -0.15) is 0 Å². The molecule has 4 aliphatic carbocycles. The largest absolute Gasteiger partial charge is 0.508 e. The fraction of sp³-hybridized carbons (Fsp3) is 0.758. The predicted octanol–water partition coefficient (Wildman–Crippen LogP) is 8.78. The normalized spacial score (nSPS) is 38.9. The van der Waals surface area contributed by atoms with Gasteiger partial charge in [0.15, 0.2) is 0 Å². The molecule has 0 bridgehead atoms. The Labute approximate surface area is 215 Å². The Hall–Kier alpha value is -1.28. The first-order chi connectivity index (χ1) is 16.6. The molecule has 196 valence electrons. The van der Waals surface area contributed by atoms with E-state index in [0.29, 0.717) is 16.6 Å². The maximum atomic E-state index is 10.2. The summed E-state index contributed by atoms with van der Waals surface area (Å²) in [6.07, 6.45) is 17.2. The molecule has 0 spiro atoms. The van der Waals surface area contributed by atoms with Crippen LogP contribution in [-0.2, 0) is 0 Å². The zero-order valence-electron chi connectivity index (χ0n) is 23.2. The summed E-state index contributed by atoms with van der Waals surface area (Å²) in [6, 6.07) is 8.71. The Morgan fingerprint density at radius 3 is 2.31 bits per heavy atom. The van der Waals surface area contributed by atoms with Crippen LogP contribution < -0.4 is 0 Å². The summed E-state index contributed by atoms with van der Waals surface area (Å²) in [5, 5.41) is 18.8. The van der Waals surface area contributed by atoms with Crippen molar-refractivity contribution in [3.8, 4) is 5.75 Å². The van der Waals surface area contributed by atoms with Gasteiger partial charge in [0.2, 0.25) is 0 Å². The van der Waals surface area contributed by atoms with E-state index in [0.717, 1.165) is 48.3 Å². The van der Waals surface area contributed by atoms with E-state index < -0.39 is 0 Å². The number of phenolic OH excluding ortho intramolecular Hbond substituents is 1. The quantitative estimate of drug-likeness (QED) is 0.413. The SMILES string of the molecule is CC(C)CCC[C@@H](C)[C@H]1CC[C@H]2[C@@H]3CC=C4C[C@@H](O)CC[C@]4(C)[C@H]3CC[C@]12C.Oc1ccccc1. The Bertz CT molecular complexity index is 844. The fourth-order valence-electron chi connectivity index (χ4n) is 9.09. The van der Waals surface area contributed by atoms with Crippen LogP contribution in [0.3, 0.4) is 0 Å². The van der Waals surface area contributed by atoms with Crippen LogP contribution in [0, 0.1) is 46.3 Å². The number of allylic oxidation sites excluding steroid dienone is 1. The third kappa shape index (κ3) is 5.53. The van der Waals surface area contributed by atoms with E-state index in [4.69, 9.17) is 5.11 Å². The van der Waals surface area contributed by atoms with Crippen LogP contribution in [0.25, 0.3) is 0 Å². The first-order valence-corrected chi connectivity index (χ1v) is 14.8. The lowest BCUT2D eigenvalue weighted by atomic mass is 9.47. The van der Waals surface area contributed by atoms with E-state index in [9.17, 15) is 5.11 Å². The van der Waals surface area contributed by atoms with Crippen LogP contribution in [-0.4, -0.2) is 16.3 Å². The van der Waals surface area contributed by atoms with Crippen LogP contribution in [0.5, 0.6) is 5.75 Å². The van der Waals surface area contributed by atoms with Crippen LogP contribution in [0.15, 0.2) is 42.0 Å². The van der Waals surface area contributed by atoms with E-state index in [1.165, 1.54) is 57.8 Å². The summed E-state index contributed by atoms with van der Waals surface area (Å²) < 4.78 is 0. The summed E-state index contributed by atoms with van der Waals surface area (Å²) in [5.74, 6) is 5.78. The molecule has 5 rings (SSSR count). The molecule has 4 aliphatic rings. The van der Waals surface area contributed by atoms with E-state index in [1.807, 2.05) is 6.07 Å². The predicted molar refractivity (Wildman–Crippen MR) is 147 cm³/mol. The number of fused-ring (bicyclic) bond motifs is 5. The molecule has 1 aromatic rings. The fourth-order valence-corrected chi connectivity index (χ4v) is 9.09. The number of hydrogen-bond donors (Lipinski definition) is 2. The van der Waals surface area contributed by atoms with Crippen LogP contribution in [0.1, 0.15) is 105 Å². The lowest BCUT2D eigenvalue weighted by Gasteiger charge is -2.58. The molecule has 2 heteroatoms. The van der Waals surface area contributed by atoms with Gasteiger partial charge < -0.3 is 10.2 Å². The summed E-state index contributed by atoms with van der Waals surface area (Å²) in [7, 11) is 0. The van der Waals surface area contributed by atoms with Crippen molar-refractivity contribution in [2.75, 3.05) is 0 Å². The standard InChI is InChI=1S/C27H46O.C6H6O/c1-18(2)7-6-8-19(3)23-11-12-24-22-10-9-20-17-21(28)13-15-26(20,4)25(22)14-16-27(23,24)5;7-6-4-2-1-3-5-6/h9,18-19,21-25,28H,6-8,10-17H2,1-5H3;1-5,7H/t19-,21+,22+,23-,24+,25+,26+,27-;/m1./s1. The van der Waals surface area contributed by atoms with Gasteiger partial charge in [0, 0.05) is 0 Å². The maximum Gasteiger partial charge on any atom is 0.115 e. The van der Waals surface area contributed by atoms with Crippen molar-refractivity contribution in [3.05, 3.63) is 42.0 Å². The molecule has 0 aromatic heterocycles. The van der Waals surface area contributed by atoms with Gasteiger partial charge in [0.25, 0.3) is 0 Å². The van der Waals surface area contributed by atoms with Crippen molar-refractivity contribution in [3.63, 3.8) is 0 Å². The highest BCUT2D eigenvalue weighted by molar-refractivity contribution is 5.25. The topological polar surface area (TPSA) is 40.5 Å². The molecule has 0 radical (unpaired) electrons. The molecule has 3 fully saturated rings. The number of phenols is 1. The molecule has 0 unspecified atom stereocenters. The highest BCUT2D eigenvalue weighted by Gasteiger charge is 2.59. The zero-order chi connectivity index (χ0) is 25.2. The molecule has 0 heterocycles. The lowest BCUT2D eigenvalue weighted by Crippen LogP contribution is -2.50. The number of rotatable bonds is 5. The number of aliphatic hydroxyl groups excluding tert-OH is 1. The van der Waals surface area contributed by atoms with Gasteiger partial charge in [-0.25, -0.2) is 0 Å². The first-order valence-electron chi connectivity index (χ1n) is 14.8. The molecule has 2 nitrogen and oxygen atoms in total. The summed E-state index contributed by atoms with van der Waals surface area (Å²) in [6.45, 7) is 12.6. The second-order valence-electron chi connectivity index (χ2n) is 13.5. The minimum absolute atomic E-state index is 0.0766. The number of hydrogen-bond acceptors (Lipinski definition) is 2. The van der Waals surface area contributed by atoms with E-state index in [1.54, 1.807) is 29.8 Å². The Morgan fingerprint density at radius 1 is 0.914 bits per heavy atom. The number of aromatic hydroxyl groups is 1. The average molecular weight is 481 g/mol. The van der Waals surface area contributed by atoms with Crippen molar-refractivity contribution >= 4 is 0 Å². The van der Waals surface area contributed by atoms with E-state index >= 15 is 0 Å². The second kappa shape index (κ2) is 11.0. The van der Waals surface area contributed by atoms with Crippen LogP contribution >= 0.6 is 0 Å². The summed E-state index contributed by atoms with van der Waals surface area (Å²) in [5.41, 5.74) is 2.60. The van der Waals surface area contributed by atoms with Gasteiger partial charge >= 0.3 is 0 Å². The van der Waals surface area contributed by atoms with Gasteiger partial charge in [0.1, 0.15) is 5.75 Å². The smallest absolute Gasteiger partial charge is 0.115 e. The molecule has 35 heavy (non-hydrogen) atoms. The van der Waals surface area contributed by atoms with E-state index in [2.05, 4.69) is 40.7 Å². The third-order valence-electron chi connectivity index (χ3n) is 11.0. The molecular formula is C33H52O2. The van der Waals surface area contributed by atoms with Crippen molar-refractivity contribution in [2.45, 2.75) is 111 Å². The minimum atomic E-state index is -0.0766. The van der Waals surface area contributed by atoms with E-state index in [-0.39, 0.29) is 6.10 Å². The minimum Gasteiger partial charge on any atom is -0.508 e.